The quantitative estimate of drug-likeness (QED) is 0.305. The van der Waals surface area contributed by atoms with E-state index in [0.717, 1.165) is 59.4 Å². The lowest BCUT2D eigenvalue weighted by Crippen LogP contribution is -2.47. The summed E-state index contributed by atoms with van der Waals surface area (Å²) in [6.07, 6.45) is 7.93. The molecule has 0 saturated carbocycles. The van der Waals surface area contributed by atoms with Crippen molar-refractivity contribution in [1.29, 1.82) is 0 Å². The molecule has 0 spiro atoms. The second-order valence-corrected chi connectivity index (χ2v) is 12.6. The number of nitrogens with two attached hydrogens (primary N) is 2. The van der Waals surface area contributed by atoms with Gasteiger partial charge < -0.3 is 31.7 Å². The highest BCUT2D eigenvalue weighted by Gasteiger charge is 2.26. The van der Waals surface area contributed by atoms with E-state index in [1.165, 1.54) is 0 Å². The van der Waals surface area contributed by atoms with Crippen molar-refractivity contribution < 1.29 is 23.9 Å². The van der Waals surface area contributed by atoms with Gasteiger partial charge in [0.05, 0.1) is 13.0 Å². The Bertz CT molecular complexity index is 1560. The zero-order chi connectivity index (χ0) is 34.5. The van der Waals surface area contributed by atoms with Crippen LogP contribution in [-0.2, 0) is 38.6 Å². The summed E-state index contributed by atoms with van der Waals surface area (Å²) in [4.78, 5) is 55.3. The fourth-order valence-electron chi connectivity index (χ4n) is 5.98. The summed E-state index contributed by atoms with van der Waals surface area (Å²) >= 11 is 0. The molecule has 2 aliphatic heterocycles. The van der Waals surface area contributed by atoms with Crippen molar-refractivity contribution in [3.8, 4) is 5.75 Å². The average Bonchev–Trinajstić information content (AvgIpc) is 3.07. The molecule has 2 aromatic carbocycles. The van der Waals surface area contributed by atoms with E-state index in [4.69, 9.17) is 16.2 Å². The summed E-state index contributed by atoms with van der Waals surface area (Å²) in [7, 11) is 0. The smallest absolute Gasteiger partial charge is 0.242 e. The van der Waals surface area contributed by atoms with Crippen LogP contribution in [-0.4, -0.2) is 59.3 Å². The van der Waals surface area contributed by atoms with E-state index < -0.39 is 6.04 Å². The van der Waals surface area contributed by atoms with Crippen LogP contribution in [0.2, 0.25) is 0 Å². The number of nitrogens with one attached hydrogen (secondary N) is 2. The molecule has 2 atom stereocenters. The zero-order valence-electron chi connectivity index (χ0n) is 28.0. The zero-order valence-corrected chi connectivity index (χ0v) is 28.0. The number of benzene rings is 2. The number of aryl methyl sites for hydroxylation is 3. The maximum Gasteiger partial charge on any atom is 0.242 e. The number of aromatic nitrogens is 1. The SMILES string of the molecule is Cc1cc(N)ccc1CC(N)=O.Cc1ccc2cc1CNC(=O)C(CCc1cccnc1)NC(=O)CCC(=O)N1CCCC(CCO2)C1. The molecule has 2 unspecified atom stereocenters. The summed E-state index contributed by atoms with van der Waals surface area (Å²) in [5, 5.41) is 5.86. The number of hydrogen-bond acceptors (Lipinski definition) is 7. The Kier molecular flexibility index (Phi) is 13.3. The lowest BCUT2D eigenvalue weighted by molar-refractivity contribution is -0.135. The molecular weight excluding hydrogens is 608 g/mol. The molecule has 1 saturated heterocycles. The van der Waals surface area contributed by atoms with Crippen LogP contribution in [0.25, 0.3) is 0 Å². The number of primary amides is 1. The minimum absolute atomic E-state index is 0.00331. The Morgan fingerprint density at radius 1 is 1.04 bits per heavy atom. The number of nitrogens with zero attached hydrogens (tertiary/aromatic N) is 2. The minimum Gasteiger partial charge on any atom is -0.494 e. The molecule has 2 aliphatic rings. The summed E-state index contributed by atoms with van der Waals surface area (Å²) in [5.74, 6) is 0.326. The van der Waals surface area contributed by atoms with Gasteiger partial charge in [-0.1, -0.05) is 18.2 Å². The van der Waals surface area contributed by atoms with Gasteiger partial charge in [-0.15, -0.1) is 0 Å². The van der Waals surface area contributed by atoms with Crippen LogP contribution in [0.3, 0.4) is 0 Å². The predicted octanol–water partition coefficient (Wildman–Crippen LogP) is 3.53. The second kappa shape index (κ2) is 17.8. The Labute approximate surface area is 282 Å². The third kappa shape index (κ3) is 11.4. The summed E-state index contributed by atoms with van der Waals surface area (Å²) in [5.41, 5.74) is 16.3. The third-order valence-electron chi connectivity index (χ3n) is 8.83. The van der Waals surface area contributed by atoms with Gasteiger partial charge in [-0.25, -0.2) is 0 Å². The van der Waals surface area contributed by atoms with Gasteiger partial charge in [0, 0.05) is 50.6 Å². The van der Waals surface area contributed by atoms with Crippen molar-refractivity contribution in [1.82, 2.24) is 20.5 Å². The monoisotopic (exact) mass is 656 g/mol. The Morgan fingerprint density at radius 2 is 1.88 bits per heavy atom. The number of anilines is 1. The van der Waals surface area contributed by atoms with Gasteiger partial charge in [-0.3, -0.25) is 24.2 Å². The Morgan fingerprint density at radius 3 is 2.62 bits per heavy atom. The number of piperidine rings is 1. The highest BCUT2D eigenvalue weighted by atomic mass is 16.5. The lowest BCUT2D eigenvalue weighted by atomic mass is 9.95. The molecule has 1 aromatic heterocycles. The number of ether oxygens (including phenoxy) is 1. The molecule has 1 fully saturated rings. The highest BCUT2D eigenvalue weighted by Crippen LogP contribution is 2.23. The van der Waals surface area contributed by atoms with Gasteiger partial charge in [0.1, 0.15) is 11.8 Å². The van der Waals surface area contributed by atoms with Gasteiger partial charge in [-0.2, -0.15) is 0 Å². The van der Waals surface area contributed by atoms with E-state index in [-0.39, 0.29) is 42.9 Å². The molecule has 4 bridgehead atoms. The van der Waals surface area contributed by atoms with Gasteiger partial charge in [0.2, 0.25) is 23.6 Å². The number of amides is 4. The first kappa shape index (κ1) is 35.9. The molecule has 5 rings (SSSR count). The topological polar surface area (TPSA) is 170 Å². The number of hydrogen-bond donors (Lipinski definition) is 4. The van der Waals surface area contributed by atoms with E-state index in [1.807, 2.05) is 61.2 Å². The predicted molar refractivity (Wildman–Crippen MR) is 185 cm³/mol. The second-order valence-electron chi connectivity index (χ2n) is 12.6. The average molecular weight is 657 g/mol. The molecular formula is C37H48N6O5. The first-order chi connectivity index (χ1) is 23.1. The summed E-state index contributed by atoms with van der Waals surface area (Å²) < 4.78 is 6.04. The van der Waals surface area contributed by atoms with Crippen LogP contribution < -0.4 is 26.8 Å². The fourth-order valence-corrected chi connectivity index (χ4v) is 5.98. The number of carbonyl (C=O) groups excluding carboxylic acids is 4. The van der Waals surface area contributed by atoms with E-state index >= 15 is 0 Å². The van der Waals surface area contributed by atoms with Crippen molar-refractivity contribution in [3.05, 3.63) is 88.7 Å². The van der Waals surface area contributed by atoms with Gasteiger partial charge in [0.15, 0.2) is 0 Å². The van der Waals surface area contributed by atoms with Crippen LogP contribution in [0.1, 0.15) is 66.3 Å². The normalized spacial score (nSPS) is 19.0. The number of rotatable bonds is 5. The minimum atomic E-state index is -0.703. The molecule has 0 radical (unpaired) electrons. The first-order valence-corrected chi connectivity index (χ1v) is 16.7. The maximum atomic E-state index is 13.1. The number of pyridine rings is 1. The number of nitrogen functional groups attached to an aromatic ring is 1. The van der Waals surface area contributed by atoms with Crippen LogP contribution in [0.4, 0.5) is 5.69 Å². The first-order valence-electron chi connectivity index (χ1n) is 16.7. The lowest BCUT2D eigenvalue weighted by Gasteiger charge is -2.33. The maximum absolute atomic E-state index is 13.1. The van der Waals surface area contributed by atoms with Crippen LogP contribution in [0.5, 0.6) is 5.75 Å². The molecule has 4 amide bonds. The fraction of sp³-hybridized carbons (Fsp3) is 0.432. The Balaban J connectivity index is 0.000000365. The van der Waals surface area contributed by atoms with Crippen molar-refractivity contribution in [2.45, 2.75) is 77.8 Å². The van der Waals surface area contributed by atoms with E-state index in [9.17, 15) is 19.2 Å². The molecule has 0 aliphatic carbocycles. The molecule has 6 N–H and O–H groups in total. The van der Waals surface area contributed by atoms with Crippen LogP contribution in [0.15, 0.2) is 60.9 Å². The van der Waals surface area contributed by atoms with E-state index in [1.54, 1.807) is 18.5 Å². The van der Waals surface area contributed by atoms with Crippen molar-refractivity contribution >= 4 is 29.3 Å². The standard InChI is InChI=1S/C28H36N4O4.C9H12N2O/c1-20-6-8-24-16-23(20)18-30-28(35)25(9-7-21-4-2-13-29-17-21)31-26(33)10-11-27(34)32-14-3-5-22(19-32)12-15-36-24;1-6-4-8(10)3-2-7(6)5-9(11)12/h2,4,6,8,13,16-17,22,25H,3,5,7,9-12,14-15,18-19H2,1H3,(H,30,35)(H,31,33);2-4H,5,10H2,1H3,(H2,11,12). The Hall–Kier alpha value is -4.93. The molecule has 256 valence electrons. The van der Waals surface area contributed by atoms with Gasteiger partial charge in [0.25, 0.3) is 0 Å². The van der Waals surface area contributed by atoms with E-state index in [2.05, 4.69) is 15.6 Å². The molecule has 3 aromatic rings. The largest absolute Gasteiger partial charge is 0.494 e. The third-order valence-corrected chi connectivity index (χ3v) is 8.83. The molecule has 48 heavy (non-hydrogen) atoms. The summed E-state index contributed by atoms with van der Waals surface area (Å²) in [6.45, 7) is 6.28. The molecule has 11 nitrogen and oxygen atoms in total. The van der Waals surface area contributed by atoms with E-state index in [0.29, 0.717) is 44.1 Å². The number of fused-ring (bicyclic) bond motifs is 4. The molecule has 3 heterocycles. The van der Waals surface area contributed by atoms with Crippen molar-refractivity contribution in [2.24, 2.45) is 11.7 Å². The van der Waals surface area contributed by atoms with Crippen LogP contribution in [0, 0.1) is 19.8 Å². The van der Waals surface area contributed by atoms with Crippen LogP contribution >= 0.6 is 0 Å². The number of carbonyl (C=O) groups is 4. The van der Waals surface area contributed by atoms with Gasteiger partial charge >= 0.3 is 0 Å². The molecule has 11 heteroatoms. The van der Waals surface area contributed by atoms with Crippen molar-refractivity contribution in [2.75, 3.05) is 25.4 Å². The highest BCUT2D eigenvalue weighted by molar-refractivity contribution is 5.89. The van der Waals surface area contributed by atoms with Gasteiger partial charge in [-0.05, 0) is 110 Å². The van der Waals surface area contributed by atoms with Crippen molar-refractivity contribution in [3.63, 3.8) is 0 Å². The summed E-state index contributed by atoms with van der Waals surface area (Å²) in [6, 6.07) is 14.5.